The number of nitrogens with one attached hydrogen (secondary N) is 2. The Morgan fingerprint density at radius 3 is 2.70 bits per heavy atom. The first-order chi connectivity index (χ1) is 14.4. The normalized spacial score (nSPS) is 21.5. The molecule has 1 aliphatic carbocycles. The smallest absolute Gasteiger partial charge is 0.262 e. The van der Waals surface area contributed by atoms with E-state index in [2.05, 4.69) is 24.1 Å². The highest BCUT2D eigenvalue weighted by atomic mass is 32.1. The molecule has 4 rings (SSSR count). The van der Waals surface area contributed by atoms with Crippen LogP contribution in [0.5, 0.6) is 0 Å². The third kappa shape index (κ3) is 4.10. The summed E-state index contributed by atoms with van der Waals surface area (Å²) in [7, 11) is 0. The van der Waals surface area contributed by atoms with Gasteiger partial charge in [0.05, 0.1) is 17.4 Å². The van der Waals surface area contributed by atoms with Crippen LogP contribution in [-0.4, -0.2) is 21.5 Å². The number of amides is 1. The molecule has 5 nitrogen and oxygen atoms in total. The maximum absolute atomic E-state index is 13.0. The van der Waals surface area contributed by atoms with Gasteiger partial charge in [0.2, 0.25) is 0 Å². The van der Waals surface area contributed by atoms with E-state index in [1.54, 1.807) is 22.8 Å². The quantitative estimate of drug-likeness (QED) is 0.602. The lowest BCUT2D eigenvalue weighted by Gasteiger charge is -2.34. The fraction of sp³-hybridized carbons (Fsp3) is 0.375. The number of rotatable bonds is 4. The lowest BCUT2D eigenvalue weighted by atomic mass is 9.78. The molecule has 30 heavy (non-hydrogen) atoms. The van der Waals surface area contributed by atoms with E-state index in [0.717, 1.165) is 18.4 Å². The van der Waals surface area contributed by atoms with Gasteiger partial charge in [-0.15, -0.1) is 0 Å². The average molecular weight is 422 g/mol. The highest BCUT2D eigenvalue weighted by molar-refractivity contribution is 7.71. The average Bonchev–Trinajstić information content (AvgIpc) is 2.74. The summed E-state index contributed by atoms with van der Waals surface area (Å²) in [6.45, 7) is 4.87. The molecule has 156 valence electrons. The van der Waals surface area contributed by atoms with Gasteiger partial charge in [-0.2, -0.15) is 0 Å². The first kappa shape index (κ1) is 20.5. The Morgan fingerprint density at radius 1 is 1.17 bits per heavy atom. The summed E-state index contributed by atoms with van der Waals surface area (Å²) in [4.78, 5) is 29.0. The molecule has 1 aliphatic rings. The van der Waals surface area contributed by atoms with Crippen LogP contribution in [0.3, 0.4) is 0 Å². The van der Waals surface area contributed by atoms with E-state index < -0.39 is 0 Å². The number of nitrogens with zero attached hydrogens (tertiary/aromatic N) is 1. The number of hydrogen-bond donors (Lipinski definition) is 2. The summed E-state index contributed by atoms with van der Waals surface area (Å²) in [5, 5.41) is 3.71. The monoisotopic (exact) mass is 421 g/mol. The van der Waals surface area contributed by atoms with Crippen molar-refractivity contribution in [3.63, 3.8) is 0 Å². The van der Waals surface area contributed by atoms with Crippen molar-refractivity contribution in [1.29, 1.82) is 0 Å². The van der Waals surface area contributed by atoms with E-state index in [-0.39, 0.29) is 17.5 Å². The Bertz CT molecular complexity index is 1180. The number of aromatic amines is 1. The predicted octanol–water partition coefficient (Wildman–Crippen LogP) is 4.66. The summed E-state index contributed by atoms with van der Waals surface area (Å²) in [6.07, 6.45) is 3.37. The zero-order valence-electron chi connectivity index (χ0n) is 17.4. The van der Waals surface area contributed by atoms with E-state index in [9.17, 15) is 9.59 Å². The molecule has 3 aromatic rings. The van der Waals surface area contributed by atoms with Gasteiger partial charge in [-0.05, 0) is 54.2 Å². The van der Waals surface area contributed by atoms with Crippen LogP contribution >= 0.6 is 12.2 Å². The van der Waals surface area contributed by atoms with E-state index >= 15 is 0 Å². The molecule has 0 spiro atoms. The minimum atomic E-state index is -0.153. The third-order valence-electron chi connectivity index (χ3n) is 6.45. The maximum Gasteiger partial charge on any atom is 0.262 e. The Balaban J connectivity index is 1.62. The van der Waals surface area contributed by atoms with Gasteiger partial charge in [0.1, 0.15) is 0 Å². The van der Waals surface area contributed by atoms with Crippen LogP contribution in [0.15, 0.2) is 53.3 Å². The zero-order chi connectivity index (χ0) is 21.3. The molecule has 0 radical (unpaired) electrons. The third-order valence-corrected chi connectivity index (χ3v) is 6.77. The molecule has 2 aromatic carbocycles. The van der Waals surface area contributed by atoms with E-state index in [0.29, 0.717) is 39.6 Å². The second kappa shape index (κ2) is 8.56. The van der Waals surface area contributed by atoms with Crippen LogP contribution < -0.4 is 10.9 Å². The number of fused-ring (bicyclic) bond motifs is 1. The van der Waals surface area contributed by atoms with Gasteiger partial charge in [-0.1, -0.05) is 57.0 Å². The number of hydrogen-bond acceptors (Lipinski definition) is 3. The Morgan fingerprint density at radius 2 is 1.93 bits per heavy atom. The number of H-pyrrole nitrogens is 1. The molecule has 0 aliphatic heterocycles. The number of aromatic nitrogens is 2. The first-order valence-corrected chi connectivity index (χ1v) is 11.0. The van der Waals surface area contributed by atoms with Crippen molar-refractivity contribution in [2.45, 2.75) is 45.7 Å². The second-order valence-corrected chi connectivity index (χ2v) is 8.80. The van der Waals surface area contributed by atoms with E-state index in [1.807, 2.05) is 30.3 Å². The van der Waals surface area contributed by atoms with Crippen molar-refractivity contribution < 1.29 is 4.79 Å². The molecular formula is C24H27N3O2S. The number of carbonyl (C=O) groups is 1. The standard InChI is InChI=1S/C24H27N3O2S/c1-15-7-6-10-20(16(15)2)25-22(28)18-11-12-19-21(13-18)26-24(30)27(23(19)29)14-17-8-4-3-5-9-17/h3-5,8-9,11-13,15-16,20H,6-7,10,14H2,1-2H3,(H,25,28)(H,26,30)/t15-,16+,20+/m1/s1. The first-order valence-electron chi connectivity index (χ1n) is 10.6. The van der Waals surface area contributed by atoms with Crippen LogP contribution in [-0.2, 0) is 6.54 Å². The summed E-state index contributed by atoms with van der Waals surface area (Å²) >= 11 is 5.44. The summed E-state index contributed by atoms with van der Waals surface area (Å²) in [5.74, 6) is 0.967. The van der Waals surface area contributed by atoms with Crippen LogP contribution in [0.4, 0.5) is 0 Å². The molecule has 3 atom stereocenters. The minimum absolute atomic E-state index is 0.101. The molecule has 6 heteroatoms. The van der Waals surface area contributed by atoms with Crippen molar-refractivity contribution in [3.8, 4) is 0 Å². The fourth-order valence-corrected chi connectivity index (χ4v) is 4.60. The highest BCUT2D eigenvalue weighted by Crippen LogP contribution is 2.29. The maximum atomic E-state index is 13.0. The van der Waals surface area contributed by atoms with Gasteiger partial charge in [0, 0.05) is 11.6 Å². The van der Waals surface area contributed by atoms with E-state index in [4.69, 9.17) is 12.2 Å². The molecule has 0 saturated heterocycles. The van der Waals surface area contributed by atoms with Crippen molar-refractivity contribution in [2.24, 2.45) is 11.8 Å². The van der Waals surface area contributed by atoms with Gasteiger partial charge in [-0.3, -0.25) is 14.2 Å². The molecule has 1 aromatic heterocycles. The lowest BCUT2D eigenvalue weighted by molar-refractivity contribution is 0.0891. The highest BCUT2D eigenvalue weighted by Gasteiger charge is 2.28. The van der Waals surface area contributed by atoms with Crippen LogP contribution in [0, 0.1) is 16.6 Å². The van der Waals surface area contributed by atoms with Crippen molar-refractivity contribution in [3.05, 3.63) is 74.8 Å². The van der Waals surface area contributed by atoms with Gasteiger partial charge in [0.15, 0.2) is 4.77 Å². The summed E-state index contributed by atoms with van der Waals surface area (Å²) in [5.41, 5.74) is 1.98. The Hall–Kier alpha value is -2.73. The molecular weight excluding hydrogens is 394 g/mol. The van der Waals surface area contributed by atoms with Crippen LogP contribution in [0.25, 0.3) is 10.9 Å². The topological polar surface area (TPSA) is 66.9 Å². The SMILES string of the molecule is C[C@H]1[C@H](C)CCC[C@@H]1NC(=O)c1ccc2c(=O)n(Cc3ccccc3)c(=S)[nH]c2c1. The lowest BCUT2D eigenvalue weighted by Crippen LogP contribution is -2.43. The fourth-order valence-electron chi connectivity index (χ4n) is 4.34. The second-order valence-electron chi connectivity index (χ2n) is 8.41. The van der Waals surface area contributed by atoms with Crippen LogP contribution in [0.1, 0.15) is 49.0 Å². The zero-order valence-corrected chi connectivity index (χ0v) is 18.2. The van der Waals surface area contributed by atoms with Gasteiger partial charge >= 0.3 is 0 Å². The molecule has 2 N–H and O–H groups in total. The minimum Gasteiger partial charge on any atom is -0.349 e. The van der Waals surface area contributed by atoms with Gasteiger partial charge in [-0.25, -0.2) is 0 Å². The van der Waals surface area contributed by atoms with Crippen molar-refractivity contribution in [2.75, 3.05) is 0 Å². The van der Waals surface area contributed by atoms with Crippen LogP contribution in [0.2, 0.25) is 0 Å². The molecule has 0 unspecified atom stereocenters. The van der Waals surface area contributed by atoms with Crippen molar-refractivity contribution in [1.82, 2.24) is 14.9 Å². The van der Waals surface area contributed by atoms with Crippen molar-refractivity contribution >= 4 is 29.0 Å². The van der Waals surface area contributed by atoms with Gasteiger partial charge in [0.25, 0.3) is 11.5 Å². The number of benzene rings is 2. The predicted molar refractivity (Wildman–Crippen MR) is 122 cm³/mol. The van der Waals surface area contributed by atoms with Gasteiger partial charge < -0.3 is 10.3 Å². The Labute approximate surface area is 181 Å². The molecule has 1 saturated carbocycles. The largest absolute Gasteiger partial charge is 0.349 e. The molecule has 0 bridgehead atoms. The summed E-state index contributed by atoms with van der Waals surface area (Å²) in [6, 6.07) is 15.1. The Kier molecular flexibility index (Phi) is 5.86. The van der Waals surface area contributed by atoms with E-state index in [1.165, 1.54) is 6.42 Å². The number of carbonyl (C=O) groups excluding carboxylic acids is 1. The molecule has 1 fully saturated rings. The molecule has 1 amide bonds. The molecule has 1 heterocycles. The summed E-state index contributed by atoms with van der Waals surface area (Å²) < 4.78 is 1.90.